The molecule has 0 aliphatic heterocycles. The highest BCUT2D eigenvalue weighted by Gasteiger charge is 2.12. The number of aryl methyl sites for hydroxylation is 2. The molecule has 3 aromatic heterocycles. The van der Waals surface area contributed by atoms with E-state index >= 15 is 0 Å². The van der Waals surface area contributed by atoms with Crippen LogP contribution in [0, 0.1) is 6.92 Å². The van der Waals surface area contributed by atoms with Crippen molar-refractivity contribution in [3.05, 3.63) is 52.1 Å². The second-order valence-electron chi connectivity index (χ2n) is 4.42. The molecule has 19 heavy (non-hydrogen) atoms. The molecule has 0 saturated heterocycles. The van der Waals surface area contributed by atoms with Crippen LogP contribution in [0.15, 0.2) is 35.3 Å². The molecule has 1 N–H and O–H groups in total. The van der Waals surface area contributed by atoms with E-state index in [-0.39, 0.29) is 5.56 Å². The first-order chi connectivity index (χ1) is 9.20. The minimum atomic E-state index is -0.117. The molecule has 0 spiro atoms. The molecular formula is C14H14N4O. The highest BCUT2D eigenvalue weighted by atomic mass is 16.1. The summed E-state index contributed by atoms with van der Waals surface area (Å²) in [5, 5.41) is 3.05. The van der Waals surface area contributed by atoms with Crippen molar-refractivity contribution in [3.8, 4) is 11.4 Å². The number of hydrogen-bond donors (Lipinski definition) is 1. The van der Waals surface area contributed by atoms with Crippen LogP contribution in [0.4, 0.5) is 0 Å². The second-order valence-corrected chi connectivity index (χ2v) is 4.42. The van der Waals surface area contributed by atoms with E-state index in [0.717, 1.165) is 17.7 Å². The van der Waals surface area contributed by atoms with E-state index in [4.69, 9.17) is 0 Å². The first-order valence-corrected chi connectivity index (χ1v) is 6.23. The van der Waals surface area contributed by atoms with Gasteiger partial charge in [-0.05, 0) is 25.5 Å². The van der Waals surface area contributed by atoms with Crippen molar-refractivity contribution >= 4 is 5.65 Å². The van der Waals surface area contributed by atoms with Gasteiger partial charge in [0.05, 0.1) is 11.4 Å². The number of fused-ring (bicyclic) bond motifs is 1. The van der Waals surface area contributed by atoms with E-state index in [0.29, 0.717) is 17.0 Å². The van der Waals surface area contributed by atoms with Gasteiger partial charge in [-0.3, -0.25) is 14.9 Å². The van der Waals surface area contributed by atoms with Crippen LogP contribution in [0.3, 0.4) is 0 Å². The molecule has 0 aliphatic carbocycles. The predicted molar refractivity (Wildman–Crippen MR) is 73.2 cm³/mol. The Balaban J connectivity index is 2.32. The van der Waals surface area contributed by atoms with E-state index in [9.17, 15) is 4.79 Å². The molecule has 0 fully saturated rings. The van der Waals surface area contributed by atoms with Crippen molar-refractivity contribution in [2.75, 3.05) is 0 Å². The van der Waals surface area contributed by atoms with E-state index in [1.54, 1.807) is 6.20 Å². The molecule has 0 aromatic carbocycles. The number of aromatic amines is 1. The number of aromatic nitrogens is 4. The summed E-state index contributed by atoms with van der Waals surface area (Å²) in [7, 11) is 0. The standard InChI is InChI=1S/C14H14N4O/c1-3-10-9(2)17-18-13(19)8-12(16-14(10)18)11-6-4-5-7-15-11/h4-8,17H,3H2,1-2H3. The smallest absolute Gasteiger partial charge is 0.273 e. The van der Waals surface area contributed by atoms with Gasteiger partial charge < -0.3 is 0 Å². The Morgan fingerprint density at radius 1 is 1.32 bits per heavy atom. The Labute approximate surface area is 109 Å². The fourth-order valence-electron chi connectivity index (χ4n) is 2.26. The summed E-state index contributed by atoms with van der Waals surface area (Å²) < 4.78 is 1.49. The average molecular weight is 254 g/mol. The predicted octanol–water partition coefficient (Wildman–Crippen LogP) is 1.96. The molecular weight excluding hydrogens is 240 g/mol. The lowest BCUT2D eigenvalue weighted by atomic mass is 10.2. The van der Waals surface area contributed by atoms with E-state index in [2.05, 4.69) is 22.0 Å². The maximum absolute atomic E-state index is 12.1. The van der Waals surface area contributed by atoms with Gasteiger partial charge in [-0.15, -0.1) is 0 Å². The topological polar surface area (TPSA) is 63.0 Å². The van der Waals surface area contributed by atoms with Crippen molar-refractivity contribution in [1.29, 1.82) is 0 Å². The van der Waals surface area contributed by atoms with Gasteiger partial charge in [-0.1, -0.05) is 13.0 Å². The molecule has 0 amide bonds. The van der Waals surface area contributed by atoms with Crippen LogP contribution in [-0.2, 0) is 6.42 Å². The van der Waals surface area contributed by atoms with Crippen LogP contribution >= 0.6 is 0 Å². The number of rotatable bonds is 2. The largest absolute Gasteiger partial charge is 0.294 e. The zero-order valence-electron chi connectivity index (χ0n) is 10.8. The zero-order chi connectivity index (χ0) is 13.4. The van der Waals surface area contributed by atoms with Gasteiger partial charge in [0.15, 0.2) is 5.65 Å². The third-order valence-corrected chi connectivity index (χ3v) is 3.20. The maximum Gasteiger partial charge on any atom is 0.273 e. The molecule has 0 unspecified atom stereocenters. The van der Waals surface area contributed by atoms with Crippen LogP contribution in [0.2, 0.25) is 0 Å². The Hall–Kier alpha value is -2.43. The molecule has 0 atom stereocenters. The lowest BCUT2D eigenvalue weighted by molar-refractivity contribution is 0.881. The first kappa shape index (κ1) is 11.6. The van der Waals surface area contributed by atoms with Gasteiger partial charge in [0, 0.05) is 23.5 Å². The van der Waals surface area contributed by atoms with Gasteiger partial charge in [-0.25, -0.2) is 9.50 Å². The zero-order valence-corrected chi connectivity index (χ0v) is 10.8. The molecule has 0 saturated carbocycles. The fourth-order valence-corrected chi connectivity index (χ4v) is 2.26. The summed E-state index contributed by atoms with van der Waals surface area (Å²) >= 11 is 0. The minimum Gasteiger partial charge on any atom is -0.294 e. The number of hydrogen-bond acceptors (Lipinski definition) is 3. The van der Waals surface area contributed by atoms with Crippen molar-refractivity contribution < 1.29 is 0 Å². The van der Waals surface area contributed by atoms with Crippen molar-refractivity contribution in [2.24, 2.45) is 0 Å². The summed E-state index contributed by atoms with van der Waals surface area (Å²) in [4.78, 5) is 20.9. The Kier molecular flexibility index (Phi) is 2.67. The summed E-state index contributed by atoms with van der Waals surface area (Å²) in [5.74, 6) is 0. The lowest BCUT2D eigenvalue weighted by Crippen LogP contribution is -2.14. The third-order valence-electron chi connectivity index (χ3n) is 3.20. The molecule has 5 nitrogen and oxygen atoms in total. The Morgan fingerprint density at radius 3 is 2.84 bits per heavy atom. The second kappa shape index (κ2) is 4.35. The average Bonchev–Trinajstić information content (AvgIpc) is 2.76. The van der Waals surface area contributed by atoms with Crippen molar-refractivity contribution in [2.45, 2.75) is 20.3 Å². The quantitative estimate of drug-likeness (QED) is 0.760. The van der Waals surface area contributed by atoms with Gasteiger partial charge in [0.1, 0.15) is 0 Å². The summed E-state index contributed by atoms with van der Waals surface area (Å²) in [6.07, 6.45) is 2.53. The molecule has 3 heterocycles. The number of pyridine rings is 1. The van der Waals surface area contributed by atoms with Crippen LogP contribution in [-0.4, -0.2) is 19.6 Å². The van der Waals surface area contributed by atoms with Crippen LogP contribution in [0.5, 0.6) is 0 Å². The molecule has 0 aliphatic rings. The lowest BCUT2D eigenvalue weighted by Gasteiger charge is -2.01. The molecule has 5 heteroatoms. The number of nitrogens with zero attached hydrogens (tertiary/aromatic N) is 3. The van der Waals surface area contributed by atoms with Gasteiger partial charge >= 0.3 is 0 Å². The van der Waals surface area contributed by atoms with Gasteiger partial charge in [-0.2, -0.15) is 0 Å². The molecule has 0 radical (unpaired) electrons. The van der Waals surface area contributed by atoms with Crippen molar-refractivity contribution in [1.82, 2.24) is 19.6 Å². The molecule has 96 valence electrons. The summed E-state index contributed by atoms with van der Waals surface area (Å²) in [6.45, 7) is 4.00. The van der Waals surface area contributed by atoms with E-state index in [1.807, 2.05) is 25.1 Å². The van der Waals surface area contributed by atoms with E-state index < -0.39 is 0 Å². The number of nitrogens with one attached hydrogen (secondary N) is 1. The van der Waals surface area contributed by atoms with Crippen molar-refractivity contribution in [3.63, 3.8) is 0 Å². The van der Waals surface area contributed by atoms with Gasteiger partial charge in [0.2, 0.25) is 0 Å². The molecule has 3 aromatic rings. The normalized spacial score (nSPS) is 11.1. The maximum atomic E-state index is 12.1. The van der Waals surface area contributed by atoms with E-state index in [1.165, 1.54) is 10.6 Å². The SMILES string of the molecule is CCc1c(C)[nH]n2c(=O)cc(-c3ccccn3)nc12. The van der Waals surface area contributed by atoms with Crippen LogP contribution in [0.25, 0.3) is 17.0 Å². The summed E-state index contributed by atoms with van der Waals surface area (Å²) in [6, 6.07) is 7.08. The number of H-pyrrole nitrogens is 1. The van der Waals surface area contributed by atoms with Crippen LogP contribution in [0.1, 0.15) is 18.2 Å². The summed E-state index contributed by atoms with van der Waals surface area (Å²) in [5.41, 5.74) is 3.93. The Morgan fingerprint density at radius 2 is 2.16 bits per heavy atom. The monoisotopic (exact) mass is 254 g/mol. The first-order valence-electron chi connectivity index (χ1n) is 6.23. The fraction of sp³-hybridized carbons (Fsp3) is 0.214. The highest BCUT2D eigenvalue weighted by molar-refractivity contribution is 5.60. The van der Waals surface area contributed by atoms with Gasteiger partial charge in [0.25, 0.3) is 5.56 Å². The Bertz CT molecular complexity index is 786. The third kappa shape index (κ3) is 1.83. The molecule has 0 bridgehead atoms. The van der Waals surface area contributed by atoms with Crippen LogP contribution < -0.4 is 5.56 Å². The molecule has 3 rings (SSSR count). The highest BCUT2D eigenvalue weighted by Crippen LogP contribution is 2.17. The minimum absolute atomic E-state index is 0.117.